The van der Waals surface area contributed by atoms with Crippen molar-refractivity contribution in [3.8, 4) is 0 Å². The fourth-order valence-electron chi connectivity index (χ4n) is 26.7. The zero-order valence-corrected chi connectivity index (χ0v) is 53.8. The lowest BCUT2D eigenvalue weighted by molar-refractivity contribution is -0.219. The lowest BCUT2D eigenvalue weighted by Gasteiger charge is -2.64. The zero-order chi connectivity index (χ0) is 60.8. The summed E-state index contributed by atoms with van der Waals surface area (Å²) >= 11 is 0. The standard InChI is InChI=1S/C72H116O13/c1-37(10-19-61(80)81)46-15-18-51-66-54(36-60(79)72(46,51)9)69(6)27-24-45(84-62(82)20-11-38(2)47-13-16-49-64-52(34-58(77)70(47,49)7)67(4)25-22-43(73)28-40(67)31-55(64)75)30-42(69)33-57(66)85-63(83)21-12-39(3)48-14-17-50-65-53(35-59(78)71(48,50)8)68(5)26-23-44(74)29-41(68)32-56(65)76/h37-60,64-66,73-79H,10-36H2,1-9H3,(H,80,81)/t37-,38-,39-,40+,41+,42+,43-,44-,45-,46-,47-,48-,49?,50?,51+,52?,53?,54+,55-,56-,57-,58+,59+,60+,64?,65?,66+,67+,68+,69+,70-,71-,72-/m1/s1. The molecule has 85 heavy (non-hydrogen) atoms. The Hall–Kier alpha value is -1.87. The molecule has 0 amide bonds. The Kier molecular flexibility index (Phi) is 17.2. The molecule has 12 rings (SSSR count). The van der Waals surface area contributed by atoms with Gasteiger partial charge in [0.1, 0.15) is 12.2 Å². The van der Waals surface area contributed by atoms with Crippen LogP contribution in [0.4, 0.5) is 0 Å². The van der Waals surface area contributed by atoms with Crippen LogP contribution in [-0.2, 0) is 23.9 Å². The number of rotatable bonds is 14. The van der Waals surface area contributed by atoms with Crippen LogP contribution in [0, 0.1) is 139 Å². The van der Waals surface area contributed by atoms with Crippen LogP contribution < -0.4 is 0 Å². The van der Waals surface area contributed by atoms with Crippen molar-refractivity contribution in [1.82, 2.24) is 0 Å². The van der Waals surface area contributed by atoms with Crippen LogP contribution in [-0.4, -0.2) is 114 Å². The molecule has 0 spiro atoms. The third kappa shape index (κ3) is 10.1. The van der Waals surface area contributed by atoms with Crippen LogP contribution in [0.3, 0.4) is 0 Å². The molecule has 482 valence electrons. The summed E-state index contributed by atoms with van der Waals surface area (Å²) in [5.41, 5.74) is -1.31. The van der Waals surface area contributed by atoms with Crippen molar-refractivity contribution in [2.45, 2.75) is 291 Å². The molecule has 6 unspecified atom stereocenters. The molecule has 0 aromatic heterocycles. The Labute approximate surface area is 510 Å². The van der Waals surface area contributed by atoms with Gasteiger partial charge >= 0.3 is 17.9 Å². The molecule has 33 atom stereocenters. The number of ether oxygens (including phenoxy) is 2. The maximum absolute atomic E-state index is 14.7. The van der Waals surface area contributed by atoms with Crippen LogP contribution in [0.25, 0.3) is 0 Å². The van der Waals surface area contributed by atoms with E-state index in [0.29, 0.717) is 57.8 Å². The van der Waals surface area contributed by atoms with E-state index in [1.807, 2.05) is 0 Å². The van der Waals surface area contributed by atoms with Crippen LogP contribution in [0.1, 0.15) is 236 Å². The minimum Gasteiger partial charge on any atom is -0.481 e. The molecule has 0 radical (unpaired) electrons. The topological polar surface area (TPSA) is 232 Å². The van der Waals surface area contributed by atoms with Gasteiger partial charge in [-0.1, -0.05) is 62.3 Å². The van der Waals surface area contributed by atoms with Crippen molar-refractivity contribution in [1.29, 1.82) is 0 Å². The van der Waals surface area contributed by atoms with Crippen LogP contribution in [0.15, 0.2) is 0 Å². The van der Waals surface area contributed by atoms with Gasteiger partial charge in [-0.3, -0.25) is 14.4 Å². The number of hydrogen-bond acceptors (Lipinski definition) is 12. The molecular formula is C72H116O13. The summed E-state index contributed by atoms with van der Waals surface area (Å²) in [6, 6.07) is 0. The van der Waals surface area contributed by atoms with Gasteiger partial charge in [0.05, 0.1) is 42.7 Å². The Morgan fingerprint density at radius 1 is 0.412 bits per heavy atom. The molecule has 12 fully saturated rings. The molecule has 12 aliphatic carbocycles. The predicted molar refractivity (Wildman–Crippen MR) is 323 cm³/mol. The summed E-state index contributed by atoms with van der Waals surface area (Å²) in [6.45, 7) is 20.6. The van der Waals surface area contributed by atoms with Gasteiger partial charge in [0.25, 0.3) is 0 Å². The monoisotopic (exact) mass is 1190 g/mol. The maximum Gasteiger partial charge on any atom is 0.306 e. The van der Waals surface area contributed by atoms with Gasteiger partial charge in [-0.05, 0) is 287 Å². The highest BCUT2D eigenvalue weighted by Crippen LogP contribution is 2.72. The Balaban J connectivity index is 0.711. The predicted octanol–water partition coefficient (Wildman–Crippen LogP) is 11.3. The van der Waals surface area contributed by atoms with Crippen molar-refractivity contribution < 1.29 is 64.7 Å². The van der Waals surface area contributed by atoms with E-state index < -0.39 is 41.9 Å². The smallest absolute Gasteiger partial charge is 0.306 e. The van der Waals surface area contributed by atoms with Crippen molar-refractivity contribution in [2.75, 3.05) is 0 Å². The van der Waals surface area contributed by atoms with Crippen molar-refractivity contribution in [3.05, 3.63) is 0 Å². The number of aliphatic hydroxyl groups excluding tert-OH is 7. The third-order valence-electron chi connectivity index (χ3n) is 31.5. The molecule has 0 saturated heterocycles. The van der Waals surface area contributed by atoms with E-state index in [0.717, 1.165) is 103 Å². The second-order valence-corrected chi connectivity index (χ2v) is 34.4. The quantitative estimate of drug-likeness (QED) is 0.0758. The van der Waals surface area contributed by atoms with E-state index >= 15 is 0 Å². The highest BCUT2D eigenvalue weighted by molar-refractivity contribution is 5.70. The first-order valence-electron chi connectivity index (χ1n) is 35.5. The Bertz CT molecular complexity index is 2450. The number of esters is 2. The van der Waals surface area contributed by atoms with Crippen molar-refractivity contribution in [2.24, 2.45) is 139 Å². The summed E-state index contributed by atoms with van der Waals surface area (Å²) in [5, 5.41) is 91.9. The molecule has 0 aromatic carbocycles. The van der Waals surface area contributed by atoms with Gasteiger partial charge in [-0.25, -0.2) is 0 Å². The first-order valence-corrected chi connectivity index (χ1v) is 35.5. The molecule has 8 N–H and O–H groups in total. The largest absolute Gasteiger partial charge is 0.481 e. The van der Waals surface area contributed by atoms with E-state index in [9.17, 15) is 55.2 Å². The summed E-state index contributed by atoms with van der Waals surface area (Å²) in [4.78, 5) is 40.7. The molecule has 0 heterocycles. The minimum atomic E-state index is -0.798. The van der Waals surface area contributed by atoms with Gasteiger partial charge in [0.15, 0.2) is 0 Å². The summed E-state index contributed by atoms with van der Waals surface area (Å²) < 4.78 is 13.4. The molecule has 0 aromatic rings. The lowest BCUT2D eigenvalue weighted by atomic mass is 9.43. The van der Waals surface area contributed by atoms with Crippen molar-refractivity contribution >= 4 is 17.9 Å². The second-order valence-electron chi connectivity index (χ2n) is 34.4. The number of hydrogen-bond donors (Lipinski definition) is 8. The van der Waals surface area contributed by atoms with Crippen LogP contribution in [0.5, 0.6) is 0 Å². The van der Waals surface area contributed by atoms with Crippen molar-refractivity contribution in [3.63, 3.8) is 0 Å². The van der Waals surface area contributed by atoms with E-state index in [1.54, 1.807) is 0 Å². The van der Waals surface area contributed by atoms with Crippen LogP contribution >= 0.6 is 0 Å². The first kappa shape index (κ1) is 63.3. The van der Waals surface area contributed by atoms with E-state index in [2.05, 4.69) is 62.3 Å². The Morgan fingerprint density at radius 3 is 1.20 bits per heavy atom. The molecule has 0 aliphatic heterocycles. The van der Waals surface area contributed by atoms with E-state index in [1.165, 1.54) is 0 Å². The number of carboxylic acid groups (broad SMARTS) is 1. The summed E-state index contributed by atoms with van der Waals surface area (Å²) in [7, 11) is 0. The SMILES string of the molecule is C[C@H](CCC(=O)O[C@@H]1CC[C@@]2(C)[C@@H](C1)C[C@@H](OC(=O)CC[C@@H](C)[C@H]1CCC3C4C(C[C@H](O)[C@@]31C)[C@@]1(C)CC[C@@H](O)C[C@H]1C[C@H]4O)[C@@H]1[C@@H]2C[C@H](O)[C@]2(C)[C@@H]([C@H](C)CCC(=O)O)CC[C@@H]12)[C@H]1CCC2C3C(C[C@H](O)[C@@]21C)[C@@]1(C)CC[C@@H](O)C[C@H]1C[C@H]3O. The molecule has 13 nitrogen and oxygen atoms in total. The lowest BCUT2D eigenvalue weighted by Crippen LogP contribution is -2.63. The molecule has 12 saturated carbocycles. The third-order valence-corrected chi connectivity index (χ3v) is 31.5. The van der Waals surface area contributed by atoms with Crippen LogP contribution in [0.2, 0.25) is 0 Å². The minimum absolute atomic E-state index is 0.00120. The molecule has 13 heteroatoms. The van der Waals surface area contributed by atoms with Gasteiger partial charge in [0.2, 0.25) is 0 Å². The normalized spacial score (nSPS) is 54.2. The first-order chi connectivity index (χ1) is 40.1. The van der Waals surface area contributed by atoms with Gasteiger partial charge in [0, 0.05) is 25.2 Å². The van der Waals surface area contributed by atoms with Gasteiger partial charge in [-0.15, -0.1) is 0 Å². The zero-order valence-electron chi connectivity index (χ0n) is 53.8. The fraction of sp³-hybridized carbons (Fsp3) is 0.958. The number of aliphatic hydroxyl groups is 7. The highest BCUT2D eigenvalue weighted by Gasteiger charge is 2.70. The van der Waals surface area contributed by atoms with Gasteiger partial charge in [-0.2, -0.15) is 0 Å². The molecule has 0 bridgehead atoms. The number of carbonyl (C=O) groups is 3. The maximum atomic E-state index is 14.7. The fourth-order valence-corrected chi connectivity index (χ4v) is 26.7. The molecular weight excluding hydrogens is 1070 g/mol. The summed E-state index contributed by atoms with van der Waals surface area (Å²) in [6.07, 6.45) is 15.8. The number of aliphatic carboxylic acids is 1. The number of carbonyl (C=O) groups excluding carboxylic acids is 2. The highest BCUT2D eigenvalue weighted by atomic mass is 16.5. The average Bonchev–Trinajstić information content (AvgIpc) is 1.82. The van der Waals surface area contributed by atoms with E-state index in [-0.39, 0.29) is 183 Å². The van der Waals surface area contributed by atoms with E-state index in [4.69, 9.17) is 9.47 Å². The second kappa shape index (κ2) is 23.1. The summed E-state index contributed by atoms with van der Waals surface area (Å²) in [5.74, 6) is 1.88. The number of carboxylic acids is 1. The molecule has 12 aliphatic rings. The Morgan fingerprint density at radius 2 is 0.776 bits per heavy atom. The van der Waals surface area contributed by atoms with Gasteiger partial charge < -0.3 is 50.3 Å². The number of fused-ring (bicyclic) bond motifs is 15. The average molecular weight is 1190 g/mol.